The van der Waals surface area contributed by atoms with E-state index in [1.54, 1.807) is 43.9 Å². The van der Waals surface area contributed by atoms with Gasteiger partial charge in [-0.1, -0.05) is 15.9 Å². The van der Waals surface area contributed by atoms with E-state index in [1.807, 2.05) is 0 Å². The molecule has 0 saturated carbocycles. The molecule has 8 heteroatoms. The quantitative estimate of drug-likeness (QED) is 0.767. The molecule has 2 rings (SSSR count). The van der Waals surface area contributed by atoms with Gasteiger partial charge in [0.25, 0.3) is 0 Å². The third-order valence-corrected chi connectivity index (χ3v) is 4.25. The maximum absolute atomic E-state index is 12.3. The first-order valence-corrected chi connectivity index (χ1v) is 8.64. The van der Waals surface area contributed by atoms with Crippen LogP contribution in [-0.2, 0) is 9.53 Å². The molecule has 1 heterocycles. The van der Waals surface area contributed by atoms with Crippen LogP contribution in [0.2, 0.25) is 0 Å². The summed E-state index contributed by atoms with van der Waals surface area (Å²) in [7, 11) is 0. The van der Waals surface area contributed by atoms with Crippen LogP contribution in [0.1, 0.15) is 31.1 Å². The number of hydrogen-bond donors (Lipinski definition) is 1. The number of nitrogens with zero attached hydrogens (tertiary/aromatic N) is 2. The van der Waals surface area contributed by atoms with Crippen molar-refractivity contribution in [2.24, 2.45) is 0 Å². The molecule has 25 heavy (non-hydrogen) atoms. The summed E-state index contributed by atoms with van der Waals surface area (Å²) in [6.07, 6.45) is 0.0852. The Morgan fingerprint density at radius 2 is 2.00 bits per heavy atom. The van der Waals surface area contributed by atoms with E-state index in [0.717, 1.165) is 10.8 Å². The zero-order valence-electron chi connectivity index (χ0n) is 14.4. The van der Waals surface area contributed by atoms with Crippen LogP contribution in [0.15, 0.2) is 22.7 Å². The van der Waals surface area contributed by atoms with Crippen molar-refractivity contribution in [2.75, 3.05) is 24.5 Å². The Morgan fingerprint density at radius 1 is 1.32 bits per heavy atom. The smallest absolute Gasteiger partial charge is 0.411 e. The maximum Gasteiger partial charge on any atom is 0.411 e. The third-order valence-electron chi connectivity index (χ3n) is 3.75. The lowest BCUT2D eigenvalue weighted by Gasteiger charge is -2.41. The lowest BCUT2D eigenvalue weighted by Crippen LogP contribution is -2.59. The fourth-order valence-corrected chi connectivity index (χ4v) is 2.99. The summed E-state index contributed by atoms with van der Waals surface area (Å²) < 4.78 is 6.09. The molecule has 0 spiro atoms. The molecule has 136 valence electrons. The fraction of sp³-hybridized carbons (Fsp3) is 0.471. The first kappa shape index (κ1) is 19.2. The Balaban J connectivity index is 2.24. The van der Waals surface area contributed by atoms with Crippen molar-refractivity contribution >= 4 is 40.0 Å². The Bertz CT molecular complexity index is 686. The molecule has 1 aliphatic heterocycles. The van der Waals surface area contributed by atoms with Gasteiger partial charge in [-0.3, -0.25) is 9.69 Å². The molecular weight excluding hydrogens is 392 g/mol. The number of benzene rings is 1. The molecule has 0 aliphatic carbocycles. The van der Waals surface area contributed by atoms with Gasteiger partial charge in [0.05, 0.1) is 0 Å². The summed E-state index contributed by atoms with van der Waals surface area (Å²) >= 11 is 3.36. The minimum absolute atomic E-state index is 0.0753. The number of hydrogen-bond acceptors (Lipinski definition) is 5. The summed E-state index contributed by atoms with van der Waals surface area (Å²) in [5.74, 6) is -1.11. The van der Waals surface area contributed by atoms with Gasteiger partial charge in [-0.05, 0) is 39.0 Å². The largest absolute Gasteiger partial charge is 0.480 e. The van der Waals surface area contributed by atoms with Gasteiger partial charge in [-0.15, -0.1) is 0 Å². The monoisotopic (exact) mass is 412 g/mol. The lowest BCUT2D eigenvalue weighted by molar-refractivity contribution is -0.143. The van der Waals surface area contributed by atoms with Crippen LogP contribution in [0.3, 0.4) is 0 Å². The van der Waals surface area contributed by atoms with Crippen LogP contribution in [0.5, 0.6) is 0 Å². The fourth-order valence-electron chi connectivity index (χ4n) is 2.64. The van der Waals surface area contributed by atoms with Gasteiger partial charge in [0.1, 0.15) is 11.6 Å². The normalized spacial score (nSPS) is 18.0. The van der Waals surface area contributed by atoms with Crippen molar-refractivity contribution in [2.45, 2.75) is 32.4 Å². The van der Waals surface area contributed by atoms with Crippen molar-refractivity contribution in [3.05, 3.63) is 28.2 Å². The van der Waals surface area contributed by atoms with Gasteiger partial charge in [0.15, 0.2) is 6.29 Å². The average Bonchev–Trinajstić information content (AvgIpc) is 2.52. The minimum Gasteiger partial charge on any atom is -0.480 e. The number of halogens is 1. The third kappa shape index (κ3) is 4.72. The predicted molar refractivity (Wildman–Crippen MR) is 96.1 cm³/mol. The van der Waals surface area contributed by atoms with Crippen molar-refractivity contribution < 1.29 is 24.2 Å². The van der Waals surface area contributed by atoms with E-state index in [2.05, 4.69) is 15.9 Å². The van der Waals surface area contributed by atoms with Crippen molar-refractivity contribution in [3.8, 4) is 0 Å². The van der Waals surface area contributed by atoms with E-state index in [1.165, 1.54) is 4.90 Å². The molecule has 1 aromatic rings. The summed E-state index contributed by atoms with van der Waals surface area (Å²) in [4.78, 5) is 38.3. The van der Waals surface area contributed by atoms with Gasteiger partial charge in [0, 0.05) is 35.4 Å². The van der Waals surface area contributed by atoms with E-state index < -0.39 is 23.7 Å². The van der Waals surface area contributed by atoms with Gasteiger partial charge in [-0.2, -0.15) is 0 Å². The summed E-state index contributed by atoms with van der Waals surface area (Å²) in [6, 6.07) is 4.13. The van der Waals surface area contributed by atoms with Crippen molar-refractivity contribution in [1.29, 1.82) is 0 Å². The van der Waals surface area contributed by atoms with Gasteiger partial charge in [0.2, 0.25) is 0 Å². The van der Waals surface area contributed by atoms with E-state index in [9.17, 15) is 19.5 Å². The molecule has 1 atom stereocenters. The number of rotatable bonds is 3. The topological polar surface area (TPSA) is 87.2 Å². The molecule has 7 nitrogen and oxygen atoms in total. The number of aldehydes is 1. The summed E-state index contributed by atoms with van der Waals surface area (Å²) in [5, 5.41) is 9.55. The molecular formula is C17H21BrN2O5. The second-order valence-corrected chi connectivity index (χ2v) is 7.71. The van der Waals surface area contributed by atoms with Crippen LogP contribution in [0.25, 0.3) is 0 Å². The Labute approximate surface area is 154 Å². The molecule has 1 aliphatic rings. The highest BCUT2D eigenvalue weighted by Gasteiger charge is 2.38. The van der Waals surface area contributed by atoms with Crippen LogP contribution in [-0.4, -0.2) is 59.6 Å². The molecule has 0 bridgehead atoms. The van der Waals surface area contributed by atoms with E-state index in [0.29, 0.717) is 17.8 Å². The molecule has 0 radical (unpaired) electrons. The highest BCUT2D eigenvalue weighted by atomic mass is 79.9. The molecule has 1 aromatic carbocycles. The van der Waals surface area contributed by atoms with Crippen LogP contribution >= 0.6 is 15.9 Å². The minimum atomic E-state index is -1.11. The Hall–Kier alpha value is -2.09. The highest BCUT2D eigenvalue weighted by Crippen LogP contribution is 2.27. The number of amides is 1. The van der Waals surface area contributed by atoms with Gasteiger partial charge in [-0.25, -0.2) is 9.59 Å². The molecule has 1 unspecified atom stereocenters. The maximum atomic E-state index is 12.3. The number of aliphatic carboxylic acids is 1. The van der Waals surface area contributed by atoms with Crippen LogP contribution < -0.4 is 4.90 Å². The molecule has 1 amide bonds. The first-order chi connectivity index (χ1) is 11.6. The van der Waals surface area contributed by atoms with Crippen molar-refractivity contribution in [3.63, 3.8) is 0 Å². The number of ether oxygens (including phenoxy) is 1. The van der Waals surface area contributed by atoms with E-state index in [4.69, 9.17) is 4.74 Å². The van der Waals surface area contributed by atoms with Crippen LogP contribution in [0, 0.1) is 0 Å². The average molecular weight is 413 g/mol. The van der Waals surface area contributed by atoms with Gasteiger partial charge < -0.3 is 14.7 Å². The lowest BCUT2D eigenvalue weighted by atomic mass is 10.1. The number of anilines is 1. The number of piperazine rings is 1. The summed E-state index contributed by atoms with van der Waals surface area (Å²) in [5.41, 5.74) is 0.407. The predicted octanol–water partition coefficient (Wildman–Crippen LogP) is 2.77. The zero-order chi connectivity index (χ0) is 18.8. The SMILES string of the molecule is CC(C)(C)OC(=O)N1CCN(c2cc(Br)ccc2C=O)CC1C(=O)O. The number of carbonyl (C=O) groups is 3. The Kier molecular flexibility index (Phi) is 5.72. The number of carboxylic acid groups (broad SMARTS) is 1. The zero-order valence-corrected chi connectivity index (χ0v) is 15.9. The molecule has 1 N–H and O–H groups in total. The van der Waals surface area contributed by atoms with Gasteiger partial charge >= 0.3 is 12.1 Å². The second-order valence-electron chi connectivity index (χ2n) is 6.79. The number of carboxylic acids is 1. The first-order valence-electron chi connectivity index (χ1n) is 7.84. The number of carbonyl (C=O) groups excluding carboxylic acids is 2. The van der Waals surface area contributed by atoms with Crippen molar-refractivity contribution in [1.82, 2.24) is 4.90 Å². The van der Waals surface area contributed by atoms with E-state index in [-0.39, 0.29) is 13.1 Å². The second kappa shape index (κ2) is 7.43. The molecule has 1 fully saturated rings. The molecule has 1 saturated heterocycles. The highest BCUT2D eigenvalue weighted by molar-refractivity contribution is 9.10. The van der Waals surface area contributed by atoms with Crippen LogP contribution in [0.4, 0.5) is 10.5 Å². The standard InChI is InChI=1S/C17H21BrN2O5/c1-17(2,3)25-16(24)20-7-6-19(9-14(20)15(22)23)13-8-12(18)5-4-11(13)10-21/h4-5,8,10,14H,6-7,9H2,1-3H3,(H,22,23). The molecule has 0 aromatic heterocycles. The summed E-state index contributed by atoms with van der Waals surface area (Å²) in [6.45, 7) is 5.86. The van der Waals surface area contributed by atoms with E-state index >= 15 is 0 Å². The Morgan fingerprint density at radius 3 is 2.56 bits per heavy atom.